The Morgan fingerprint density at radius 1 is 0.727 bits per heavy atom. The van der Waals surface area contributed by atoms with E-state index in [1.807, 2.05) is 11.3 Å². The molecule has 4 aromatic rings. The van der Waals surface area contributed by atoms with E-state index in [4.69, 9.17) is 0 Å². The Balaban J connectivity index is 2.11. The van der Waals surface area contributed by atoms with Crippen LogP contribution in [-0.4, -0.2) is 0 Å². The minimum atomic E-state index is 0.506. The Morgan fingerprint density at radius 2 is 1.45 bits per heavy atom. The van der Waals surface area contributed by atoms with Crippen LogP contribution < -0.4 is 0 Å². The number of hydrogen-bond acceptors (Lipinski definition) is 1. The molecule has 0 spiro atoms. The van der Waals surface area contributed by atoms with Crippen LogP contribution in [0.3, 0.4) is 0 Å². The lowest BCUT2D eigenvalue weighted by Crippen LogP contribution is -1.92. The molecule has 0 fully saturated rings. The van der Waals surface area contributed by atoms with Crippen LogP contribution in [0, 0.1) is 0 Å². The summed E-state index contributed by atoms with van der Waals surface area (Å²) >= 11 is 1.93. The summed E-state index contributed by atoms with van der Waals surface area (Å²) in [5.74, 6) is 0.506. The van der Waals surface area contributed by atoms with Gasteiger partial charge in [-0.1, -0.05) is 74.5 Å². The van der Waals surface area contributed by atoms with Crippen LogP contribution >= 0.6 is 11.3 Å². The Hall–Kier alpha value is -2.12. The van der Waals surface area contributed by atoms with Gasteiger partial charge in [0.25, 0.3) is 0 Å². The van der Waals surface area contributed by atoms with Crippen LogP contribution in [0.5, 0.6) is 0 Å². The van der Waals surface area contributed by atoms with Gasteiger partial charge < -0.3 is 0 Å². The Morgan fingerprint density at radius 3 is 2.23 bits per heavy atom. The van der Waals surface area contributed by atoms with Gasteiger partial charge >= 0.3 is 0 Å². The summed E-state index contributed by atoms with van der Waals surface area (Å²) in [6.07, 6.45) is 0. The van der Waals surface area contributed by atoms with Gasteiger partial charge in [-0.15, -0.1) is 11.3 Å². The highest BCUT2D eigenvalue weighted by molar-refractivity contribution is 7.26. The van der Waals surface area contributed by atoms with Crippen LogP contribution in [0.4, 0.5) is 0 Å². The summed E-state index contributed by atoms with van der Waals surface area (Å²) < 4.78 is 2.82. The molecule has 1 heteroatoms. The average molecular weight is 302 g/mol. The molecule has 0 bridgehead atoms. The van der Waals surface area contributed by atoms with Crippen molar-refractivity contribution in [2.24, 2.45) is 0 Å². The summed E-state index contributed by atoms with van der Waals surface area (Å²) in [7, 11) is 0. The minimum Gasteiger partial charge on any atom is -0.135 e. The number of benzene rings is 3. The second kappa shape index (κ2) is 5.26. The smallest absolute Gasteiger partial charge is 0.0396 e. The number of fused-ring (bicyclic) bond motifs is 3. The predicted octanol–water partition coefficient (Wildman–Crippen LogP) is 6.84. The second-order valence-electron chi connectivity index (χ2n) is 6.02. The van der Waals surface area contributed by atoms with Crippen LogP contribution in [0.15, 0.2) is 66.7 Å². The zero-order valence-electron chi connectivity index (χ0n) is 12.8. The van der Waals surface area contributed by atoms with Crippen molar-refractivity contribution in [3.63, 3.8) is 0 Å². The van der Waals surface area contributed by atoms with Gasteiger partial charge in [0, 0.05) is 20.2 Å². The summed E-state index contributed by atoms with van der Waals surface area (Å²) in [5, 5.41) is 2.77. The largest absolute Gasteiger partial charge is 0.135 e. The molecule has 1 heterocycles. The number of thiophene rings is 1. The first-order valence-electron chi connectivity index (χ1n) is 7.75. The number of hydrogen-bond donors (Lipinski definition) is 0. The van der Waals surface area contributed by atoms with Crippen molar-refractivity contribution in [3.05, 3.63) is 72.3 Å². The first-order valence-corrected chi connectivity index (χ1v) is 8.57. The second-order valence-corrected chi connectivity index (χ2v) is 7.07. The molecule has 0 unspecified atom stereocenters. The van der Waals surface area contributed by atoms with Gasteiger partial charge in [-0.3, -0.25) is 0 Å². The summed E-state index contributed by atoms with van der Waals surface area (Å²) in [5.41, 5.74) is 4.16. The van der Waals surface area contributed by atoms with Gasteiger partial charge in [0.1, 0.15) is 0 Å². The van der Waals surface area contributed by atoms with Crippen molar-refractivity contribution in [2.45, 2.75) is 19.8 Å². The molecule has 0 radical (unpaired) electrons. The monoisotopic (exact) mass is 302 g/mol. The topological polar surface area (TPSA) is 0 Å². The van der Waals surface area contributed by atoms with Crippen molar-refractivity contribution < 1.29 is 0 Å². The van der Waals surface area contributed by atoms with Crippen LogP contribution in [-0.2, 0) is 0 Å². The van der Waals surface area contributed by atoms with E-state index >= 15 is 0 Å². The van der Waals surface area contributed by atoms with Gasteiger partial charge in [0.15, 0.2) is 0 Å². The molecule has 0 aliphatic rings. The number of rotatable bonds is 2. The molecule has 0 atom stereocenters. The zero-order valence-corrected chi connectivity index (χ0v) is 13.7. The van der Waals surface area contributed by atoms with Gasteiger partial charge in [-0.05, 0) is 28.7 Å². The fourth-order valence-corrected chi connectivity index (χ4v) is 4.65. The predicted molar refractivity (Wildman–Crippen MR) is 98.9 cm³/mol. The molecule has 108 valence electrons. The van der Waals surface area contributed by atoms with Gasteiger partial charge in [0.05, 0.1) is 0 Å². The lowest BCUT2D eigenvalue weighted by molar-refractivity contribution is 0.880. The molecule has 3 aromatic carbocycles. The first kappa shape index (κ1) is 13.5. The van der Waals surface area contributed by atoms with E-state index < -0.39 is 0 Å². The van der Waals surface area contributed by atoms with E-state index in [0.29, 0.717) is 5.92 Å². The molecule has 0 aliphatic carbocycles. The third kappa shape index (κ3) is 2.05. The maximum atomic E-state index is 2.30. The molecular formula is C21H18S. The standard InChI is InChI=1S/C21H18S/c1-14(2)20-16(15-8-4-3-5-9-15)12-13-18-17-10-6-7-11-19(17)22-21(18)20/h3-14H,1-2H3. The third-order valence-corrected chi connectivity index (χ3v) is 5.47. The van der Waals surface area contributed by atoms with Crippen molar-refractivity contribution in [2.75, 3.05) is 0 Å². The third-order valence-electron chi connectivity index (χ3n) is 4.25. The lowest BCUT2D eigenvalue weighted by Gasteiger charge is -2.14. The van der Waals surface area contributed by atoms with Gasteiger partial charge in [-0.25, -0.2) is 0 Å². The average Bonchev–Trinajstić information content (AvgIpc) is 2.93. The van der Waals surface area contributed by atoms with Crippen LogP contribution in [0.25, 0.3) is 31.3 Å². The van der Waals surface area contributed by atoms with Crippen LogP contribution in [0.1, 0.15) is 25.3 Å². The zero-order chi connectivity index (χ0) is 15.1. The summed E-state index contributed by atoms with van der Waals surface area (Å²) in [6, 6.07) is 24.1. The molecule has 0 aliphatic heterocycles. The fraction of sp³-hybridized carbons (Fsp3) is 0.143. The molecule has 0 N–H and O–H groups in total. The molecule has 0 saturated heterocycles. The summed E-state index contributed by atoms with van der Waals surface area (Å²) in [6.45, 7) is 4.59. The highest BCUT2D eigenvalue weighted by Gasteiger charge is 2.16. The molecular weight excluding hydrogens is 284 g/mol. The van der Waals surface area contributed by atoms with Crippen molar-refractivity contribution in [3.8, 4) is 11.1 Å². The highest BCUT2D eigenvalue weighted by atomic mass is 32.1. The summed E-state index contributed by atoms with van der Waals surface area (Å²) in [4.78, 5) is 0. The van der Waals surface area contributed by atoms with E-state index in [1.54, 1.807) is 0 Å². The SMILES string of the molecule is CC(C)c1c(-c2ccccc2)ccc2c1sc1ccccc12. The lowest BCUT2D eigenvalue weighted by atomic mass is 9.91. The van der Waals surface area contributed by atoms with E-state index in [1.165, 1.54) is 36.9 Å². The van der Waals surface area contributed by atoms with Crippen molar-refractivity contribution in [1.29, 1.82) is 0 Å². The molecule has 22 heavy (non-hydrogen) atoms. The van der Waals surface area contributed by atoms with E-state index in [-0.39, 0.29) is 0 Å². The van der Waals surface area contributed by atoms with E-state index in [0.717, 1.165) is 0 Å². The van der Waals surface area contributed by atoms with Crippen LogP contribution in [0.2, 0.25) is 0 Å². The fourth-order valence-electron chi connectivity index (χ4n) is 3.25. The molecule has 0 nitrogen and oxygen atoms in total. The van der Waals surface area contributed by atoms with Crippen molar-refractivity contribution >= 4 is 31.5 Å². The molecule has 4 rings (SSSR count). The Kier molecular flexibility index (Phi) is 3.24. The Bertz CT molecular complexity index is 946. The Labute approximate surface area is 135 Å². The quantitative estimate of drug-likeness (QED) is 0.380. The highest BCUT2D eigenvalue weighted by Crippen LogP contribution is 2.42. The maximum absolute atomic E-state index is 2.30. The van der Waals surface area contributed by atoms with E-state index in [2.05, 4.69) is 80.6 Å². The molecule has 1 aromatic heterocycles. The molecule has 0 amide bonds. The van der Waals surface area contributed by atoms with Gasteiger partial charge in [-0.2, -0.15) is 0 Å². The normalized spacial score (nSPS) is 11.6. The van der Waals surface area contributed by atoms with Gasteiger partial charge in [0.2, 0.25) is 0 Å². The van der Waals surface area contributed by atoms with Crippen molar-refractivity contribution in [1.82, 2.24) is 0 Å². The maximum Gasteiger partial charge on any atom is 0.0396 e. The molecule has 0 saturated carbocycles. The first-order chi connectivity index (χ1) is 10.8. The van der Waals surface area contributed by atoms with E-state index in [9.17, 15) is 0 Å². The minimum absolute atomic E-state index is 0.506.